The Labute approximate surface area is 122 Å². The van der Waals surface area contributed by atoms with Crippen LogP contribution in [0.2, 0.25) is 0 Å². The van der Waals surface area contributed by atoms with Crippen molar-refractivity contribution < 1.29 is 4.39 Å². The third-order valence-corrected chi connectivity index (χ3v) is 4.24. The van der Waals surface area contributed by atoms with Gasteiger partial charge in [0.1, 0.15) is 10.8 Å². The minimum atomic E-state index is -0.261. The second-order valence-electron chi connectivity index (χ2n) is 4.03. The maximum Gasteiger partial charge on any atom is 0.137 e. The molecule has 0 aliphatic rings. The van der Waals surface area contributed by atoms with Crippen LogP contribution in [0.15, 0.2) is 58.4 Å². The smallest absolute Gasteiger partial charge is 0.137 e. The number of rotatable bonds is 2. The second-order valence-corrected chi connectivity index (χ2v) is 5.75. The number of hydrogen-bond donors (Lipinski definition) is 0. The quantitative estimate of drug-likeness (QED) is 0.613. The fourth-order valence-corrected chi connectivity index (χ4v) is 2.98. The van der Waals surface area contributed by atoms with Crippen molar-refractivity contribution in [1.29, 1.82) is 0 Å². The van der Waals surface area contributed by atoms with Crippen LogP contribution in [-0.2, 0) is 0 Å². The molecule has 0 fully saturated rings. The molecule has 19 heavy (non-hydrogen) atoms. The second kappa shape index (κ2) is 5.23. The first-order valence-corrected chi connectivity index (χ1v) is 7.38. The summed E-state index contributed by atoms with van der Waals surface area (Å²) < 4.78 is 13.7. The SMILES string of the molecule is Fc1ccc(-c2nc(-c3ccccc3)cs2)cc1Br. The van der Waals surface area contributed by atoms with Crippen LogP contribution in [0, 0.1) is 5.82 Å². The van der Waals surface area contributed by atoms with Crippen LogP contribution in [-0.4, -0.2) is 4.98 Å². The van der Waals surface area contributed by atoms with Gasteiger partial charge in [-0.2, -0.15) is 0 Å². The molecule has 0 amide bonds. The van der Waals surface area contributed by atoms with E-state index in [1.807, 2.05) is 35.7 Å². The molecule has 0 saturated heterocycles. The zero-order chi connectivity index (χ0) is 13.2. The van der Waals surface area contributed by atoms with Crippen molar-refractivity contribution in [2.75, 3.05) is 0 Å². The van der Waals surface area contributed by atoms with Gasteiger partial charge in [-0.25, -0.2) is 9.37 Å². The molecule has 0 radical (unpaired) electrons. The lowest BCUT2D eigenvalue weighted by Crippen LogP contribution is -1.81. The molecule has 0 aliphatic heterocycles. The first kappa shape index (κ1) is 12.5. The largest absolute Gasteiger partial charge is 0.236 e. The van der Waals surface area contributed by atoms with E-state index < -0.39 is 0 Å². The average molecular weight is 334 g/mol. The van der Waals surface area contributed by atoms with E-state index in [4.69, 9.17) is 0 Å². The molecule has 3 aromatic rings. The van der Waals surface area contributed by atoms with Crippen LogP contribution >= 0.6 is 27.3 Å². The van der Waals surface area contributed by atoms with Crippen molar-refractivity contribution in [3.05, 3.63) is 64.2 Å². The molecular weight excluding hydrogens is 325 g/mol. The van der Waals surface area contributed by atoms with E-state index in [1.165, 1.54) is 6.07 Å². The molecule has 2 aromatic carbocycles. The minimum absolute atomic E-state index is 0.261. The van der Waals surface area contributed by atoms with Crippen LogP contribution in [0.3, 0.4) is 0 Å². The highest BCUT2D eigenvalue weighted by Crippen LogP contribution is 2.30. The fraction of sp³-hybridized carbons (Fsp3) is 0. The molecule has 94 valence electrons. The predicted molar refractivity (Wildman–Crippen MR) is 80.6 cm³/mol. The van der Waals surface area contributed by atoms with Crippen LogP contribution in [0.4, 0.5) is 4.39 Å². The molecule has 0 atom stereocenters. The predicted octanol–water partition coefficient (Wildman–Crippen LogP) is 5.38. The Morgan fingerprint density at radius 2 is 1.79 bits per heavy atom. The summed E-state index contributed by atoms with van der Waals surface area (Å²) in [6.07, 6.45) is 0. The summed E-state index contributed by atoms with van der Waals surface area (Å²) in [7, 11) is 0. The summed E-state index contributed by atoms with van der Waals surface area (Å²) >= 11 is 4.75. The van der Waals surface area contributed by atoms with Crippen LogP contribution < -0.4 is 0 Å². The molecule has 4 heteroatoms. The van der Waals surface area contributed by atoms with Gasteiger partial charge in [-0.1, -0.05) is 30.3 Å². The van der Waals surface area contributed by atoms with Gasteiger partial charge < -0.3 is 0 Å². The van der Waals surface area contributed by atoms with Gasteiger partial charge in [-0.3, -0.25) is 0 Å². The summed E-state index contributed by atoms with van der Waals surface area (Å²) in [4.78, 5) is 4.60. The number of halogens is 2. The van der Waals surface area contributed by atoms with Gasteiger partial charge in [0.05, 0.1) is 10.2 Å². The first-order valence-electron chi connectivity index (χ1n) is 5.70. The van der Waals surface area contributed by atoms with E-state index in [0.717, 1.165) is 21.8 Å². The molecule has 0 bridgehead atoms. The van der Waals surface area contributed by atoms with E-state index in [0.29, 0.717) is 4.47 Å². The van der Waals surface area contributed by atoms with Crippen molar-refractivity contribution in [3.8, 4) is 21.8 Å². The molecule has 0 aliphatic carbocycles. The van der Waals surface area contributed by atoms with Crippen molar-refractivity contribution in [1.82, 2.24) is 4.98 Å². The number of thiazole rings is 1. The van der Waals surface area contributed by atoms with Gasteiger partial charge in [-0.05, 0) is 34.1 Å². The molecule has 1 heterocycles. The Bertz CT molecular complexity index is 709. The normalized spacial score (nSPS) is 10.6. The fourth-order valence-electron chi connectivity index (χ4n) is 1.78. The zero-order valence-corrected chi connectivity index (χ0v) is 12.2. The first-order chi connectivity index (χ1) is 9.24. The molecule has 3 rings (SSSR count). The molecule has 0 unspecified atom stereocenters. The van der Waals surface area contributed by atoms with Crippen LogP contribution in [0.1, 0.15) is 0 Å². The molecule has 0 saturated carbocycles. The van der Waals surface area contributed by atoms with Gasteiger partial charge in [0, 0.05) is 16.5 Å². The highest BCUT2D eigenvalue weighted by atomic mass is 79.9. The maximum absolute atomic E-state index is 13.2. The third-order valence-electron chi connectivity index (χ3n) is 2.74. The van der Waals surface area contributed by atoms with Gasteiger partial charge in [0.25, 0.3) is 0 Å². The molecular formula is C15H9BrFNS. The van der Waals surface area contributed by atoms with Gasteiger partial charge in [0.15, 0.2) is 0 Å². The van der Waals surface area contributed by atoms with Crippen molar-refractivity contribution in [3.63, 3.8) is 0 Å². The lowest BCUT2D eigenvalue weighted by molar-refractivity contribution is 0.621. The van der Waals surface area contributed by atoms with Crippen molar-refractivity contribution >= 4 is 27.3 Å². The van der Waals surface area contributed by atoms with Crippen molar-refractivity contribution in [2.45, 2.75) is 0 Å². The number of aromatic nitrogens is 1. The highest BCUT2D eigenvalue weighted by Gasteiger charge is 2.08. The summed E-state index contributed by atoms with van der Waals surface area (Å²) in [6, 6.07) is 15.0. The van der Waals surface area contributed by atoms with E-state index in [2.05, 4.69) is 20.9 Å². The molecule has 0 spiro atoms. The van der Waals surface area contributed by atoms with Crippen molar-refractivity contribution in [2.24, 2.45) is 0 Å². The molecule has 1 aromatic heterocycles. The molecule has 1 nitrogen and oxygen atoms in total. The average Bonchev–Trinajstić information content (AvgIpc) is 2.93. The summed E-state index contributed by atoms with van der Waals surface area (Å²) in [5.41, 5.74) is 2.95. The molecule has 0 N–H and O–H groups in total. The number of nitrogens with zero attached hydrogens (tertiary/aromatic N) is 1. The topological polar surface area (TPSA) is 12.9 Å². The van der Waals surface area contributed by atoms with Crippen LogP contribution in [0.5, 0.6) is 0 Å². The lowest BCUT2D eigenvalue weighted by atomic mass is 10.2. The zero-order valence-electron chi connectivity index (χ0n) is 9.81. The Balaban J connectivity index is 1.99. The Hall–Kier alpha value is -1.52. The monoisotopic (exact) mass is 333 g/mol. The van der Waals surface area contributed by atoms with Gasteiger partial charge in [-0.15, -0.1) is 11.3 Å². The standard InChI is InChI=1S/C15H9BrFNS/c16-12-8-11(6-7-13(12)17)15-18-14(9-19-15)10-4-2-1-3-5-10/h1-9H. The van der Waals surface area contributed by atoms with E-state index >= 15 is 0 Å². The Morgan fingerprint density at radius 3 is 2.53 bits per heavy atom. The number of hydrogen-bond acceptors (Lipinski definition) is 2. The Kier molecular flexibility index (Phi) is 3.44. The van der Waals surface area contributed by atoms with E-state index in [1.54, 1.807) is 23.5 Å². The summed E-state index contributed by atoms with van der Waals surface area (Å²) in [5.74, 6) is -0.261. The van der Waals surface area contributed by atoms with E-state index in [9.17, 15) is 4.39 Å². The Morgan fingerprint density at radius 1 is 1.00 bits per heavy atom. The van der Waals surface area contributed by atoms with Crippen LogP contribution in [0.25, 0.3) is 21.8 Å². The summed E-state index contributed by atoms with van der Waals surface area (Å²) in [6.45, 7) is 0. The number of benzene rings is 2. The van der Waals surface area contributed by atoms with Gasteiger partial charge >= 0.3 is 0 Å². The van der Waals surface area contributed by atoms with E-state index in [-0.39, 0.29) is 5.82 Å². The minimum Gasteiger partial charge on any atom is -0.236 e. The lowest BCUT2D eigenvalue weighted by Gasteiger charge is -1.99. The maximum atomic E-state index is 13.2. The van der Waals surface area contributed by atoms with Gasteiger partial charge in [0.2, 0.25) is 0 Å². The summed E-state index contributed by atoms with van der Waals surface area (Å²) in [5, 5.41) is 2.90. The highest BCUT2D eigenvalue weighted by molar-refractivity contribution is 9.10. The third kappa shape index (κ3) is 2.60.